The van der Waals surface area contributed by atoms with Gasteiger partial charge in [0.15, 0.2) is 0 Å². The Bertz CT molecular complexity index is 78.2. The Morgan fingerprint density at radius 3 is 2.00 bits per heavy atom. The summed E-state index contributed by atoms with van der Waals surface area (Å²) in [5.74, 6) is -0.682. The van der Waals surface area contributed by atoms with Gasteiger partial charge in [-0.3, -0.25) is 4.79 Å². The number of rotatable bonds is 4. The fraction of sp³-hybridized carbons (Fsp3) is 0.833. The number of carboxylic acids is 1. The van der Waals surface area contributed by atoms with Crippen LogP contribution in [0.1, 0.15) is 32.6 Å². The van der Waals surface area contributed by atoms with E-state index in [2.05, 4.69) is 6.92 Å². The molecule has 72 valence electrons. The molecule has 0 radical (unpaired) electrons. The molecule has 0 saturated carbocycles. The third-order valence-electron chi connectivity index (χ3n) is 0.994. The second kappa shape index (κ2) is 16.5. The highest BCUT2D eigenvalue weighted by molar-refractivity contribution is 5.85. The first-order valence-electron chi connectivity index (χ1n) is 2.99. The largest absolute Gasteiger partial charge is 0.481 e. The first kappa shape index (κ1) is 22.5. The molecular formula is C6H16Cl2O3. The minimum absolute atomic E-state index is 0. The van der Waals surface area contributed by atoms with Crippen LogP contribution in [0.15, 0.2) is 0 Å². The summed E-state index contributed by atoms with van der Waals surface area (Å²) < 4.78 is 0. The Labute approximate surface area is 79.3 Å². The van der Waals surface area contributed by atoms with Gasteiger partial charge in [0.05, 0.1) is 0 Å². The molecule has 0 aliphatic carbocycles. The average Bonchev–Trinajstić information content (AvgIpc) is 1.66. The van der Waals surface area contributed by atoms with Crippen molar-refractivity contribution in [3.05, 3.63) is 0 Å². The molecule has 0 aromatic rings. The first-order chi connectivity index (χ1) is 3.77. The van der Waals surface area contributed by atoms with Crippen molar-refractivity contribution in [3.63, 3.8) is 0 Å². The maximum atomic E-state index is 9.87. The smallest absolute Gasteiger partial charge is 0.303 e. The number of hydrogen-bond donors (Lipinski definition) is 1. The van der Waals surface area contributed by atoms with Crippen LogP contribution in [0.25, 0.3) is 0 Å². The van der Waals surface area contributed by atoms with Crippen molar-refractivity contribution in [1.82, 2.24) is 0 Å². The Morgan fingerprint density at radius 1 is 1.27 bits per heavy atom. The normalized spacial score (nSPS) is 6.64. The van der Waals surface area contributed by atoms with Gasteiger partial charge in [0.2, 0.25) is 0 Å². The van der Waals surface area contributed by atoms with Crippen LogP contribution in [0.2, 0.25) is 0 Å². The number of aliphatic carboxylic acids is 1. The zero-order valence-corrected chi connectivity index (χ0v) is 8.13. The molecule has 0 atom stereocenters. The molecule has 0 aromatic carbocycles. The molecule has 0 unspecified atom stereocenters. The van der Waals surface area contributed by atoms with Crippen molar-refractivity contribution >= 4 is 30.8 Å². The first-order valence-corrected chi connectivity index (χ1v) is 2.99. The van der Waals surface area contributed by atoms with Gasteiger partial charge in [-0.15, -0.1) is 24.8 Å². The molecule has 0 saturated heterocycles. The lowest BCUT2D eigenvalue weighted by Crippen LogP contribution is -1.92. The Morgan fingerprint density at radius 2 is 1.73 bits per heavy atom. The summed E-state index contributed by atoms with van der Waals surface area (Å²) >= 11 is 0. The zero-order chi connectivity index (χ0) is 6.41. The van der Waals surface area contributed by atoms with E-state index < -0.39 is 5.97 Å². The number of hydrogen-bond acceptors (Lipinski definition) is 1. The molecule has 0 aliphatic heterocycles. The summed E-state index contributed by atoms with van der Waals surface area (Å²) in [4.78, 5) is 9.87. The van der Waals surface area contributed by atoms with Crippen LogP contribution in [0, 0.1) is 0 Å². The molecule has 0 spiro atoms. The lowest BCUT2D eigenvalue weighted by molar-refractivity contribution is -0.137. The van der Waals surface area contributed by atoms with Crippen LogP contribution in [0.4, 0.5) is 0 Å². The molecule has 0 heterocycles. The Kier molecular flexibility index (Phi) is 33.8. The number of halogens is 2. The summed E-state index contributed by atoms with van der Waals surface area (Å²) in [5.41, 5.74) is 0. The molecule has 3 N–H and O–H groups in total. The van der Waals surface area contributed by atoms with Gasteiger partial charge in [-0.25, -0.2) is 0 Å². The molecule has 0 bridgehead atoms. The lowest BCUT2D eigenvalue weighted by atomic mass is 10.2. The maximum Gasteiger partial charge on any atom is 0.303 e. The second-order valence-corrected chi connectivity index (χ2v) is 1.85. The maximum absolute atomic E-state index is 9.87. The van der Waals surface area contributed by atoms with Crippen LogP contribution in [-0.4, -0.2) is 16.6 Å². The molecular weight excluding hydrogens is 191 g/mol. The summed E-state index contributed by atoms with van der Waals surface area (Å²) in [5, 5.41) is 8.14. The second-order valence-electron chi connectivity index (χ2n) is 1.85. The van der Waals surface area contributed by atoms with Crippen LogP contribution in [0.5, 0.6) is 0 Å². The van der Waals surface area contributed by atoms with Gasteiger partial charge in [-0.1, -0.05) is 19.8 Å². The van der Waals surface area contributed by atoms with Crippen molar-refractivity contribution in [2.75, 3.05) is 0 Å². The Hall–Kier alpha value is 0.01000. The monoisotopic (exact) mass is 206 g/mol. The van der Waals surface area contributed by atoms with Gasteiger partial charge in [-0.2, -0.15) is 0 Å². The van der Waals surface area contributed by atoms with E-state index >= 15 is 0 Å². The van der Waals surface area contributed by atoms with Gasteiger partial charge in [0, 0.05) is 6.42 Å². The minimum atomic E-state index is -0.682. The van der Waals surface area contributed by atoms with Gasteiger partial charge in [0.1, 0.15) is 0 Å². The van der Waals surface area contributed by atoms with Gasteiger partial charge >= 0.3 is 5.97 Å². The van der Waals surface area contributed by atoms with Gasteiger partial charge in [-0.05, 0) is 6.42 Å². The van der Waals surface area contributed by atoms with E-state index in [1.54, 1.807) is 0 Å². The van der Waals surface area contributed by atoms with Crippen LogP contribution in [0.3, 0.4) is 0 Å². The molecule has 0 aromatic heterocycles. The predicted octanol–water partition coefficient (Wildman–Crippen LogP) is 1.67. The van der Waals surface area contributed by atoms with E-state index in [9.17, 15) is 4.79 Å². The van der Waals surface area contributed by atoms with Crippen molar-refractivity contribution in [1.29, 1.82) is 0 Å². The average molecular weight is 207 g/mol. The summed E-state index contributed by atoms with van der Waals surface area (Å²) in [6.07, 6.45) is 3.28. The van der Waals surface area contributed by atoms with E-state index in [1.165, 1.54) is 0 Å². The predicted molar refractivity (Wildman–Crippen MR) is 49.9 cm³/mol. The zero-order valence-electron chi connectivity index (χ0n) is 6.50. The fourth-order valence-corrected chi connectivity index (χ4v) is 0.526. The van der Waals surface area contributed by atoms with E-state index in [1.807, 2.05) is 0 Å². The highest BCUT2D eigenvalue weighted by Gasteiger charge is 1.92. The van der Waals surface area contributed by atoms with E-state index in [0.717, 1.165) is 19.3 Å². The van der Waals surface area contributed by atoms with Crippen LogP contribution >= 0.6 is 24.8 Å². The highest BCUT2D eigenvalue weighted by Crippen LogP contribution is 1.97. The fourth-order valence-electron chi connectivity index (χ4n) is 0.526. The van der Waals surface area contributed by atoms with E-state index in [4.69, 9.17) is 5.11 Å². The SMILES string of the molecule is CCCCCC(=O)O.Cl.Cl.O. The van der Waals surface area contributed by atoms with Crippen molar-refractivity contribution in [2.45, 2.75) is 32.6 Å². The third-order valence-corrected chi connectivity index (χ3v) is 0.994. The molecule has 0 rings (SSSR count). The minimum Gasteiger partial charge on any atom is -0.481 e. The van der Waals surface area contributed by atoms with Gasteiger partial charge < -0.3 is 10.6 Å². The topological polar surface area (TPSA) is 68.8 Å². The van der Waals surface area contributed by atoms with E-state index in [0.29, 0.717) is 6.42 Å². The number of unbranched alkanes of at least 4 members (excludes halogenated alkanes) is 2. The molecule has 5 heteroatoms. The molecule has 11 heavy (non-hydrogen) atoms. The van der Waals surface area contributed by atoms with Crippen LogP contribution in [-0.2, 0) is 4.79 Å². The summed E-state index contributed by atoms with van der Waals surface area (Å²) in [6.45, 7) is 2.06. The molecule has 0 fully saturated rings. The van der Waals surface area contributed by atoms with Crippen molar-refractivity contribution in [2.24, 2.45) is 0 Å². The van der Waals surface area contributed by atoms with Crippen LogP contribution < -0.4 is 0 Å². The van der Waals surface area contributed by atoms with Gasteiger partial charge in [0.25, 0.3) is 0 Å². The Balaban J connectivity index is -0.0000000817. The molecule has 0 aliphatic rings. The van der Waals surface area contributed by atoms with Crippen molar-refractivity contribution < 1.29 is 15.4 Å². The molecule has 0 amide bonds. The van der Waals surface area contributed by atoms with Crippen molar-refractivity contribution in [3.8, 4) is 0 Å². The third kappa shape index (κ3) is 25.6. The standard InChI is InChI=1S/C6H12O2.2ClH.H2O/c1-2-3-4-5-6(7)8;;;/h2-5H2,1H3,(H,7,8);2*1H;1H2. The summed E-state index contributed by atoms with van der Waals surface area (Å²) in [7, 11) is 0. The van der Waals surface area contributed by atoms with E-state index in [-0.39, 0.29) is 30.3 Å². The summed E-state index contributed by atoms with van der Waals surface area (Å²) in [6, 6.07) is 0. The lowest BCUT2D eigenvalue weighted by Gasteiger charge is -1.89. The number of carboxylic acid groups (broad SMARTS) is 1. The highest BCUT2D eigenvalue weighted by atomic mass is 35.5. The quantitative estimate of drug-likeness (QED) is 0.712. The molecule has 3 nitrogen and oxygen atoms in total. The number of carbonyl (C=O) groups is 1.